The van der Waals surface area contributed by atoms with Crippen LogP contribution in [0, 0.1) is 6.92 Å². The van der Waals surface area contributed by atoms with Gasteiger partial charge in [0.2, 0.25) is 0 Å². The lowest BCUT2D eigenvalue weighted by atomic mass is 9.89. The van der Waals surface area contributed by atoms with E-state index in [-0.39, 0.29) is 0 Å². The highest BCUT2D eigenvalue weighted by atomic mass is 16.3. The molecular weight excluding hydrogens is 226 g/mol. The van der Waals surface area contributed by atoms with Crippen LogP contribution in [0.3, 0.4) is 0 Å². The van der Waals surface area contributed by atoms with Gasteiger partial charge in [0, 0.05) is 6.54 Å². The molecule has 1 N–H and O–H groups in total. The van der Waals surface area contributed by atoms with Gasteiger partial charge in [-0.25, -0.2) is 4.68 Å². The lowest BCUT2D eigenvalue weighted by Crippen LogP contribution is -2.27. The van der Waals surface area contributed by atoms with Crippen molar-refractivity contribution in [3.05, 3.63) is 47.3 Å². The van der Waals surface area contributed by atoms with Crippen molar-refractivity contribution < 1.29 is 5.11 Å². The molecule has 4 nitrogen and oxygen atoms in total. The van der Waals surface area contributed by atoms with E-state index in [2.05, 4.69) is 17.2 Å². The Morgan fingerprint density at radius 1 is 1.33 bits per heavy atom. The first-order valence-electron chi connectivity index (χ1n) is 6.24. The van der Waals surface area contributed by atoms with Crippen molar-refractivity contribution in [3.63, 3.8) is 0 Å². The summed E-state index contributed by atoms with van der Waals surface area (Å²) < 4.78 is 1.77. The molecule has 0 aliphatic carbocycles. The van der Waals surface area contributed by atoms with Crippen LogP contribution in [-0.4, -0.2) is 20.1 Å². The van der Waals surface area contributed by atoms with Crippen LogP contribution in [-0.2, 0) is 12.1 Å². The van der Waals surface area contributed by atoms with Gasteiger partial charge in [-0.15, -0.1) is 5.10 Å². The van der Waals surface area contributed by atoms with E-state index >= 15 is 0 Å². The maximum absolute atomic E-state index is 10.8. The van der Waals surface area contributed by atoms with E-state index in [1.54, 1.807) is 17.8 Å². The summed E-state index contributed by atoms with van der Waals surface area (Å²) in [5, 5.41) is 18.8. The van der Waals surface area contributed by atoms with E-state index in [4.69, 9.17) is 0 Å². The van der Waals surface area contributed by atoms with Crippen molar-refractivity contribution in [2.45, 2.75) is 39.3 Å². The molecule has 0 bridgehead atoms. The Balaban J connectivity index is 2.47. The summed E-state index contributed by atoms with van der Waals surface area (Å²) in [6.07, 6.45) is 2.60. The molecule has 0 amide bonds. The fraction of sp³-hybridized carbons (Fsp3) is 0.429. The largest absolute Gasteiger partial charge is 0.379 e. The summed E-state index contributed by atoms with van der Waals surface area (Å²) in [4.78, 5) is 0. The third-order valence-corrected chi connectivity index (χ3v) is 3.22. The minimum Gasteiger partial charge on any atom is -0.379 e. The van der Waals surface area contributed by atoms with E-state index < -0.39 is 5.60 Å². The monoisotopic (exact) mass is 245 g/mol. The van der Waals surface area contributed by atoms with Gasteiger partial charge in [-0.1, -0.05) is 36.4 Å². The van der Waals surface area contributed by atoms with Crippen LogP contribution < -0.4 is 0 Å². The third-order valence-electron chi connectivity index (χ3n) is 3.22. The Kier molecular flexibility index (Phi) is 3.48. The number of hydrogen-bond donors (Lipinski definition) is 1. The van der Waals surface area contributed by atoms with E-state index in [0.717, 1.165) is 29.8 Å². The first-order valence-corrected chi connectivity index (χ1v) is 6.24. The summed E-state index contributed by atoms with van der Waals surface area (Å²) in [7, 11) is 0. The molecule has 4 heteroatoms. The maximum Gasteiger partial charge on any atom is 0.130 e. The van der Waals surface area contributed by atoms with Crippen molar-refractivity contribution in [2.75, 3.05) is 0 Å². The Bertz CT molecular complexity index is 531. The zero-order valence-corrected chi connectivity index (χ0v) is 11.1. The molecule has 0 aliphatic rings. The van der Waals surface area contributed by atoms with Gasteiger partial charge < -0.3 is 5.11 Å². The Labute approximate surface area is 107 Å². The Morgan fingerprint density at radius 3 is 2.72 bits per heavy atom. The molecule has 18 heavy (non-hydrogen) atoms. The van der Waals surface area contributed by atoms with Gasteiger partial charge in [-0.05, 0) is 31.4 Å². The fourth-order valence-corrected chi connectivity index (χ4v) is 2.27. The van der Waals surface area contributed by atoms with Gasteiger partial charge >= 0.3 is 0 Å². The number of aryl methyl sites for hydroxylation is 2. The second kappa shape index (κ2) is 4.90. The molecule has 1 aromatic carbocycles. The molecular formula is C14H19N3O. The fourth-order valence-electron chi connectivity index (χ4n) is 2.27. The highest BCUT2D eigenvalue weighted by molar-refractivity contribution is 5.36. The predicted molar refractivity (Wildman–Crippen MR) is 70.2 cm³/mol. The average molecular weight is 245 g/mol. The molecule has 0 saturated carbocycles. The molecule has 1 unspecified atom stereocenters. The zero-order chi connectivity index (χ0) is 13.2. The molecule has 0 fully saturated rings. The van der Waals surface area contributed by atoms with Crippen LogP contribution in [0.15, 0.2) is 30.5 Å². The van der Waals surface area contributed by atoms with E-state index in [9.17, 15) is 5.11 Å². The van der Waals surface area contributed by atoms with Crippen LogP contribution in [0.5, 0.6) is 0 Å². The van der Waals surface area contributed by atoms with Gasteiger partial charge in [0.25, 0.3) is 0 Å². The molecule has 0 saturated heterocycles. The van der Waals surface area contributed by atoms with Crippen LogP contribution >= 0.6 is 0 Å². The van der Waals surface area contributed by atoms with Crippen molar-refractivity contribution in [2.24, 2.45) is 0 Å². The highest BCUT2D eigenvalue weighted by Gasteiger charge is 2.31. The van der Waals surface area contributed by atoms with Crippen molar-refractivity contribution >= 4 is 0 Å². The second-order valence-electron chi connectivity index (χ2n) is 4.73. The number of benzene rings is 1. The first-order chi connectivity index (χ1) is 8.57. The van der Waals surface area contributed by atoms with Gasteiger partial charge in [0.1, 0.15) is 5.60 Å². The molecule has 0 spiro atoms. The lowest BCUT2D eigenvalue weighted by Gasteiger charge is -2.25. The van der Waals surface area contributed by atoms with Crippen LogP contribution in [0.1, 0.15) is 37.1 Å². The van der Waals surface area contributed by atoms with Gasteiger partial charge in [-0.2, -0.15) is 0 Å². The van der Waals surface area contributed by atoms with E-state index in [1.165, 1.54) is 0 Å². The quantitative estimate of drug-likeness (QED) is 0.898. The number of rotatable bonds is 4. The predicted octanol–water partition coefficient (Wildman–Crippen LogP) is 2.25. The second-order valence-corrected chi connectivity index (χ2v) is 4.73. The maximum atomic E-state index is 10.8. The van der Waals surface area contributed by atoms with Gasteiger partial charge in [0.05, 0.1) is 11.9 Å². The van der Waals surface area contributed by atoms with Crippen molar-refractivity contribution in [1.29, 1.82) is 0 Å². The van der Waals surface area contributed by atoms with Gasteiger partial charge in [-0.3, -0.25) is 0 Å². The van der Waals surface area contributed by atoms with Crippen LogP contribution in [0.4, 0.5) is 0 Å². The van der Waals surface area contributed by atoms with Crippen LogP contribution in [0.2, 0.25) is 0 Å². The first kappa shape index (κ1) is 12.8. The minimum atomic E-state index is -1.07. The van der Waals surface area contributed by atoms with E-state index in [0.29, 0.717) is 0 Å². The Hall–Kier alpha value is -1.68. The molecule has 1 aromatic heterocycles. The summed E-state index contributed by atoms with van der Waals surface area (Å²) in [6.45, 7) is 6.63. The summed E-state index contributed by atoms with van der Waals surface area (Å²) >= 11 is 0. The van der Waals surface area contributed by atoms with E-state index in [1.807, 2.05) is 31.2 Å². The highest BCUT2D eigenvalue weighted by Crippen LogP contribution is 2.30. The summed E-state index contributed by atoms with van der Waals surface area (Å²) in [6, 6.07) is 7.84. The standard InChI is InChI=1S/C14H19N3O/c1-4-9-17-13(10-15-16-17)14(3,18)12-8-6-5-7-11(12)2/h5-8,10,18H,4,9H2,1-3H3. The SMILES string of the molecule is CCCn1nncc1C(C)(O)c1ccccc1C. The number of hydrogen-bond acceptors (Lipinski definition) is 3. The smallest absolute Gasteiger partial charge is 0.130 e. The average Bonchev–Trinajstić information content (AvgIpc) is 2.79. The molecule has 2 rings (SSSR count). The number of aliphatic hydroxyl groups is 1. The lowest BCUT2D eigenvalue weighted by molar-refractivity contribution is 0.0907. The molecule has 0 aliphatic heterocycles. The third kappa shape index (κ3) is 2.16. The summed E-state index contributed by atoms with van der Waals surface area (Å²) in [5.74, 6) is 0. The van der Waals surface area contributed by atoms with Crippen LogP contribution in [0.25, 0.3) is 0 Å². The zero-order valence-electron chi connectivity index (χ0n) is 11.1. The topological polar surface area (TPSA) is 50.9 Å². The Morgan fingerprint density at radius 2 is 2.06 bits per heavy atom. The van der Waals surface area contributed by atoms with Gasteiger partial charge in [0.15, 0.2) is 0 Å². The molecule has 2 aromatic rings. The number of aromatic nitrogens is 3. The number of nitrogens with zero attached hydrogens (tertiary/aromatic N) is 3. The minimum absolute atomic E-state index is 0.735. The molecule has 1 heterocycles. The summed E-state index contributed by atoms with van der Waals surface area (Å²) in [5.41, 5.74) is 1.62. The normalized spacial score (nSPS) is 14.4. The molecule has 0 radical (unpaired) electrons. The molecule has 96 valence electrons. The van der Waals surface area contributed by atoms with Crippen molar-refractivity contribution in [1.82, 2.24) is 15.0 Å². The van der Waals surface area contributed by atoms with Crippen molar-refractivity contribution in [3.8, 4) is 0 Å². The molecule has 1 atom stereocenters.